The van der Waals surface area contributed by atoms with E-state index in [1.807, 2.05) is 0 Å². The molecule has 1 rings (SSSR count). The number of alkyl carbamates (subject to hydrolysis) is 1. The molecule has 1 heterocycles. The van der Waals surface area contributed by atoms with Crippen molar-refractivity contribution >= 4 is 23.8 Å². The molecule has 2 N–H and O–H groups in total. The van der Waals surface area contributed by atoms with E-state index in [0.717, 1.165) is 5.75 Å². The van der Waals surface area contributed by atoms with Crippen molar-refractivity contribution in [2.45, 2.75) is 32.4 Å². The van der Waals surface area contributed by atoms with Crippen LogP contribution in [0.2, 0.25) is 0 Å². The van der Waals surface area contributed by atoms with Gasteiger partial charge in [-0.05, 0) is 20.8 Å². The van der Waals surface area contributed by atoms with Crippen LogP contribution in [0.15, 0.2) is 0 Å². The van der Waals surface area contributed by atoms with Gasteiger partial charge in [-0.2, -0.15) is 11.8 Å². The maximum Gasteiger partial charge on any atom is 0.408 e. The van der Waals surface area contributed by atoms with Gasteiger partial charge in [-0.1, -0.05) is 0 Å². The fraction of sp³-hybridized carbons (Fsp3) is 0.800. The fourth-order valence-corrected chi connectivity index (χ4v) is 2.09. The summed E-state index contributed by atoms with van der Waals surface area (Å²) in [6.07, 6.45) is -0.546. The van der Waals surface area contributed by atoms with Crippen LogP contribution in [0.1, 0.15) is 20.8 Å². The average molecular weight is 246 g/mol. The number of hydrogen-bond acceptors (Lipinski definition) is 4. The molecule has 0 aliphatic carbocycles. The third-order valence-electron chi connectivity index (χ3n) is 1.84. The van der Waals surface area contributed by atoms with Gasteiger partial charge >= 0.3 is 6.09 Å². The van der Waals surface area contributed by atoms with Crippen LogP contribution in [0.4, 0.5) is 4.79 Å². The average Bonchev–Trinajstić information content (AvgIpc) is 2.29. The molecule has 0 aromatic carbocycles. The van der Waals surface area contributed by atoms with Crippen molar-refractivity contribution in [3.05, 3.63) is 0 Å². The number of carbonyl (C=O) groups excluding carboxylic acids is 2. The Bertz CT molecular complexity index is 276. The molecule has 0 bridgehead atoms. The first kappa shape index (κ1) is 13.2. The van der Waals surface area contributed by atoms with Crippen molar-refractivity contribution in [1.29, 1.82) is 0 Å². The van der Waals surface area contributed by atoms with E-state index in [1.54, 1.807) is 32.5 Å². The molecule has 1 aliphatic rings. The van der Waals surface area contributed by atoms with E-state index in [0.29, 0.717) is 12.3 Å². The largest absolute Gasteiger partial charge is 0.444 e. The van der Waals surface area contributed by atoms with E-state index in [1.165, 1.54) is 0 Å². The Balaban J connectivity index is 2.45. The Morgan fingerprint density at radius 3 is 2.88 bits per heavy atom. The van der Waals surface area contributed by atoms with E-state index in [-0.39, 0.29) is 5.91 Å². The second kappa shape index (κ2) is 5.43. The first-order valence-electron chi connectivity index (χ1n) is 5.23. The number of thioether (sulfide) groups is 1. The van der Waals surface area contributed by atoms with Gasteiger partial charge < -0.3 is 15.4 Å². The molecule has 1 aliphatic heterocycles. The molecule has 0 saturated carbocycles. The van der Waals surface area contributed by atoms with Crippen LogP contribution in [0.5, 0.6) is 0 Å². The molecular formula is C10H18N2O3S. The lowest BCUT2D eigenvalue weighted by Crippen LogP contribution is -2.48. The van der Waals surface area contributed by atoms with Crippen LogP contribution in [0.3, 0.4) is 0 Å². The smallest absolute Gasteiger partial charge is 0.408 e. The lowest BCUT2D eigenvalue weighted by molar-refractivity contribution is -0.122. The Labute approximate surface area is 99.7 Å². The highest BCUT2D eigenvalue weighted by Crippen LogP contribution is 2.09. The van der Waals surface area contributed by atoms with Crippen LogP contribution < -0.4 is 10.6 Å². The van der Waals surface area contributed by atoms with E-state index < -0.39 is 17.7 Å². The molecule has 6 heteroatoms. The summed E-state index contributed by atoms with van der Waals surface area (Å²) < 4.78 is 5.09. The van der Waals surface area contributed by atoms with Crippen LogP contribution in [0, 0.1) is 0 Å². The molecule has 5 nitrogen and oxygen atoms in total. The summed E-state index contributed by atoms with van der Waals surface area (Å²) in [6, 6.07) is -0.498. The summed E-state index contributed by atoms with van der Waals surface area (Å²) >= 11 is 1.63. The Kier molecular flexibility index (Phi) is 4.46. The van der Waals surface area contributed by atoms with Gasteiger partial charge in [0, 0.05) is 18.1 Å². The van der Waals surface area contributed by atoms with Crippen LogP contribution >= 0.6 is 11.8 Å². The van der Waals surface area contributed by atoms with E-state index >= 15 is 0 Å². The second-order valence-electron chi connectivity index (χ2n) is 4.56. The number of nitrogens with one attached hydrogen (secondary N) is 2. The van der Waals surface area contributed by atoms with Gasteiger partial charge in [0.2, 0.25) is 5.91 Å². The highest BCUT2D eigenvalue weighted by molar-refractivity contribution is 7.99. The SMILES string of the molecule is CC(C)(C)OC(=O)N[C@@H]1CSCCNC1=O. The fourth-order valence-electron chi connectivity index (χ4n) is 1.20. The summed E-state index contributed by atoms with van der Waals surface area (Å²) in [5.41, 5.74) is -0.543. The van der Waals surface area contributed by atoms with Gasteiger partial charge in [0.05, 0.1) is 0 Å². The van der Waals surface area contributed by atoms with Gasteiger partial charge in [-0.25, -0.2) is 4.79 Å². The number of rotatable bonds is 1. The van der Waals surface area contributed by atoms with E-state index in [2.05, 4.69) is 10.6 Å². The lowest BCUT2D eigenvalue weighted by atomic mass is 10.2. The molecule has 1 atom stereocenters. The van der Waals surface area contributed by atoms with Gasteiger partial charge in [0.15, 0.2) is 0 Å². The van der Waals surface area contributed by atoms with Crippen molar-refractivity contribution in [2.75, 3.05) is 18.1 Å². The van der Waals surface area contributed by atoms with Crippen LogP contribution in [-0.4, -0.2) is 41.7 Å². The van der Waals surface area contributed by atoms with E-state index in [4.69, 9.17) is 4.74 Å². The minimum atomic E-state index is -0.546. The molecule has 0 aromatic heterocycles. The van der Waals surface area contributed by atoms with Crippen LogP contribution in [0.25, 0.3) is 0 Å². The van der Waals surface area contributed by atoms with Crippen molar-refractivity contribution in [3.63, 3.8) is 0 Å². The van der Waals surface area contributed by atoms with Gasteiger partial charge in [0.25, 0.3) is 0 Å². The Morgan fingerprint density at radius 1 is 1.56 bits per heavy atom. The van der Waals surface area contributed by atoms with Gasteiger partial charge in [0.1, 0.15) is 11.6 Å². The zero-order valence-electron chi connectivity index (χ0n) is 9.83. The first-order chi connectivity index (χ1) is 7.38. The van der Waals surface area contributed by atoms with Gasteiger partial charge in [-0.3, -0.25) is 4.79 Å². The molecule has 0 spiro atoms. The predicted molar refractivity (Wildman–Crippen MR) is 63.5 cm³/mol. The Morgan fingerprint density at radius 2 is 2.25 bits per heavy atom. The van der Waals surface area contributed by atoms with Crippen molar-refractivity contribution in [1.82, 2.24) is 10.6 Å². The normalized spacial score (nSPS) is 21.9. The number of amides is 2. The zero-order valence-corrected chi connectivity index (χ0v) is 10.6. The Hall–Kier alpha value is -0.910. The highest BCUT2D eigenvalue weighted by atomic mass is 32.2. The predicted octanol–water partition coefficient (Wildman–Crippen LogP) is 0.743. The highest BCUT2D eigenvalue weighted by Gasteiger charge is 2.25. The van der Waals surface area contributed by atoms with Crippen molar-refractivity contribution in [2.24, 2.45) is 0 Å². The quantitative estimate of drug-likeness (QED) is 0.716. The molecular weight excluding hydrogens is 228 g/mol. The minimum Gasteiger partial charge on any atom is -0.444 e. The molecule has 1 saturated heterocycles. The van der Waals surface area contributed by atoms with Crippen LogP contribution in [-0.2, 0) is 9.53 Å². The summed E-state index contributed by atoms with van der Waals surface area (Å²) in [5, 5.41) is 5.30. The summed E-state index contributed by atoms with van der Waals surface area (Å²) in [7, 11) is 0. The third-order valence-corrected chi connectivity index (χ3v) is 2.90. The van der Waals surface area contributed by atoms with Crippen molar-refractivity contribution in [3.8, 4) is 0 Å². The molecule has 0 radical (unpaired) electrons. The summed E-state index contributed by atoms with van der Waals surface area (Å²) in [5.74, 6) is 1.32. The molecule has 1 fully saturated rings. The van der Waals surface area contributed by atoms with Crippen molar-refractivity contribution < 1.29 is 14.3 Å². The molecule has 0 aromatic rings. The lowest BCUT2D eigenvalue weighted by Gasteiger charge is -2.22. The molecule has 92 valence electrons. The summed E-state index contributed by atoms with van der Waals surface area (Å²) in [6.45, 7) is 6.01. The molecule has 0 unspecified atom stereocenters. The van der Waals surface area contributed by atoms with Gasteiger partial charge in [-0.15, -0.1) is 0 Å². The number of hydrogen-bond donors (Lipinski definition) is 2. The third kappa shape index (κ3) is 4.74. The zero-order chi connectivity index (χ0) is 12.2. The number of carbonyl (C=O) groups is 2. The first-order valence-corrected chi connectivity index (χ1v) is 6.39. The number of ether oxygens (including phenoxy) is 1. The molecule has 2 amide bonds. The standard InChI is InChI=1S/C10H18N2O3S/c1-10(2,3)15-9(14)12-7-6-16-5-4-11-8(7)13/h7H,4-6H2,1-3H3,(H,11,13)(H,12,14)/t7-/m1/s1. The minimum absolute atomic E-state index is 0.143. The van der Waals surface area contributed by atoms with E-state index in [9.17, 15) is 9.59 Å². The summed E-state index contributed by atoms with van der Waals surface area (Å²) in [4.78, 5) is 23.0. The monoisotopic (exact) mass is 246 g/mol. The maximum atomic E-state index is 11.5. The topological polar surface area (TPSA) is 67.4 Å². The second-order valence-corrected chi connectivity index (χ2v) is 5.71. The maximum absolute atomic E-state index is 11.5. The molecule has 16 heavy (non-hydrogen) atoms.